The SMILES string of the molecule is O=C(CCSCC(O)C(O)CS)OCCSCC(O)C(O)CS. The second kappa shape index (κ2) is 15.0. The predicted octanol–water partition coefficient (Wildman–Crippen LogP) is -0.311. The van der Waals surface area contributed by atoms with Crippen molar-refractivity contribution >= 4 is 54.8 Å². The Hall–Kier alpha value is 0.710. The molecule has 23 heavy (non-hydrogen) atoms. The lowest BCUT2D eigenvalue weighted by Gasteiger charge is -2.15. The number of hydrogen-bond acceptors (Lipinski definition) is 10. The van der Waals surface area contributed by atoms with Gasteiger partial charge in [0.1, 0.15) is 6.61 Å². The fraction of sp³-hybridized carbons (Fsp3) is 0.923. The second-order valence-electron chi connectivity index (χ2n) is 4.75. The fourth-order valence-corrected chi connectivity index (χ4v) is 3.58. The summed E-state index contributed by atoms with van der Waals surface area (Å²) in [4.78, 5) is 11.5. The Bertz CT molecular complexity index is 310. The number of carbonyl (C=O) groups excluding carboxylic acids is 1. The lowest BCUT2D eigenvalue weighted by atomic mass is 10.3. The van der Waals surface area contributed by atoms with Gasteiger partial charge in [0.2, 0.25) is 0 Å². The molecule has 6 nitrogen and oxygen atoms in total. The first-order valence-corrected chi connectivity index (χ1v) is 10.7. The van der Waals surface area contributed by atoms with Crippen molar-refractivity contribution in [2.45, 2.75) is 30.8 Å². The molecule has 0 saturated carbocycles. The monoisotopic (exact) mass is 406 g/mol. The molecule has 10 heteroatoms. The molecule has 138 valence electrons. The van der Waals surface area contributed by atoms with E-state index >= 15 is 0 Å². The van der Waals surface area contributed by atoms with Gasteiger partial charge in [0.15, 0.2) is 0 Å². The molecule has 4 N–H and O–H groups in total. The third-order valence-electron chi connectivity index (χ3n) is 2.78. The second-order valence-corrected chi connectivity index (χ2v) is 7.78. The Kier molecular flexibility index (Phi) is 15.5. The third-order valence-corrected chi connectivity index (χ3v) is 5.63. The van der Waals surface area contributed by atoms with Crippen molar-refractivity contribution in [2.24, 2.45) is 0 Å². The molecule has 0 saturated heterocycles. The Labute approximate surface area is 156 Å². The van der Waals surface area contributed by atoms with Gasteiger partial charge >= 0.3 is 5.97 Å². The minimum Gasteiger partial charge on any atom is -0.465 e. The zero-order valence-corrected chi connectivity index (χ0v) is 16.2. The van der Waals surface area contributed by atoms with E-state index in [9.17, 15) is 25.2 Å². The highest BCUT2D eigenvalue weighted by Crippen LogP contribution is 2.10. The summed E-state index contributed by atoms with van der Waals surface area (Å²) in [6, 6.07) is 0. The van der Waals surface area contributed by atoms with E-state index in [1.807, 2.05) is 0 Å². The molecular weight excluding hydrogens is 380 g/mol. The van der Waals surface area contributed by atoms with Crippen molar-refractivity contribution in [3.05, 3.63) is 0 Å². The van der Waals surface area contributed by atoms with E-state index in [-0.39, 0.29) is 30.5 Å². The van der Waals surface area contributed by atoms with Crippen LogP contribution < -0.4 is 0 Å². The van der Waals surface area contributed by atoms with Crippen LogP contribution in [0, 0.1) is 0 Å². The Morgan fingerprint density at radius 2 is 1.35 bits per heavy atom. The molecule has 0 aromatic carbocycles. The van der Waals surface area contributed by atoms with Crippen molar-refractivity contribution in [1.29, 1.82) is 0 Å². The first-order chi connectivity index (χ1) is 10.9. The standard InChI is InChI=1S/C13H26O6S4/c14-9(5-20)11(16)7-22-3-1-13(18)19-2-4-23-8-12(17)10(15)6-21/h9-12,14-17,20-21H,1-8H2. The van der Waals surface area contributed by atoms with Gasteiger partial charge in [-0.05, 0) is 0 Å². The quantitative estimate of drug-likeness (QED) is 0.133. The minimum absolute atomic E-state index is 0.196. The van der Waals surface area contributed by atoms with Crippen LogP contribution in [-0.2, 0) is 9.53 Å². The Morgan fingerprint density at radius 3 is 1.83 bits per heavy atom. The summed E-state index contributed by atoms with van der Waals surface area (Å²) in [5.74, 6) is 1.83. The average molecular weight is 407 g/mol. The summed E-state index contributed by atoms with van der Waals surface area (Å²) >= 11 is 10.5. The van der Waals surface area contributed by atoms with E-state index in [0.29, 0.717) is 23.0 Å². The van der Waals surface area contributed by atoms with Crippen molar-refractivity contribution in [2.75, 3.05) is 41.1 Å². The lowest BCUT2D eigenvalue weighted by molar-refractivity contribution is -0.142. The number of ether oxygens (including phenoxy) is 1. The molecule has 0 aliphatic heterocycles. The van der Waals surface area contributed by atoms with Gasteiger partial charge in [-0.3, -0.25) is 4.79 Å². The topological polar surface area (TPSA) is 107 Å². The number of aliphatic hydroxyl groups excluding tert-OH is 4. The number of aliphatic hydroxyl groups is 4. The van der Waals surface area contributed by atoms with Crippen LogP contribution in [-0.4, -0.2) is 91.9 Å². The molecule has 4 atom stereocenters. The number of thiol groups is 2. The van der Waals surface area contributed by atoms with Crippen molar-refractivity contribution in [3.8, 4) is 0 Å². The summed E-state index contributed by atoms with van der Waals surface area (Å²) in [5, 5.41) is 37.6. The van der Waals surface area contributed by atoms with E-state index in [0.717, 1.165) is 0 Å². The van der Waals surface area contributed by atoms with Gasteiger partial charge in [-0.15, -0.1) is 0 Å². The highest BCUT2D eigenvalue weighted by Gasteiger charge is 2.15. The molecular formula is C13H26O6S4. The number of hydrogen-bond donors (Lipinski definition) is 6. The molecule has 0 aliphatic rings. The van der Waals surface area contributed by atoms with Gasteiger partial charge in [-0.1, -0.05) is 0 Å². The van der Waals surface area contributed by atoms with Crippen molar-refractivity contribution < 1.29 is 30.0 Å². The molecule has 4 unspecified atom stereocenters. The van der Waals surface area contributed by atoms with Gasteiger partial charge in [0.25, 0.3) is 0 Å². The molecule has 0 amide bonds. The summed E-state index contributed by atoms with van der Waals surface area (Å²) in [5.41, 5.74) is 0. The molecule has 0 radical (unpaired) electrons. The first kappa shape index (κ1) is 23.7. The molecule has 0 spiro atoms. The van der Waals surface area contributed by atoms with Crippen LogP contribution in [0.2, 0.25) is 0 Å². The summed E-state index contributed by atoms with van der Waals surface area (Å²) in [6.45, 7) is 0.249. The number of rotatable bonds is 14. The Morgan fingerprint density at radius 1 is 0.870 bits per heavy atom. The molecule has 0 aromatic rings. The van der Waals surface area contributed by atoms with E-state index < -0.39 is 24.4 Å². The molecule has 0 rings (SSSR count). The van der Waals surface area contributed by atoms with Gasteiger partial charge in [-0.25, -0.2) is 0 Å². The van der Waals surface area contributed by atoms with Gasteiger partial charge in [0, 0.05) is 34.5 Å². The van der Waals surface area contributed by atoms with Gasteiger partial charge < -0.3 is 25.2 Å². The third kappa shape index (κ3) is 12.7. The summed E-state index contributed by atoms with van der Waals surface area (Å²) < 4.78 is 5.03. The maximum atomic E-state index is 11.5. The van der Waals surface area contributed by atoms with Crippen LogP contribution >= 0.6 is 48.8 Å². The molecule has 0 aromatic heterocycles. The highest BCUT2D eigenvalue weighted by molar-refractivity contribution is 7.99. The van der Waals surface area contributed by atoms with Crippen LogP contribution in [0.15, 0.2) is 0 Å². The fourth-order valence-electron chi connectivity index (χ4n) is 1.32. The predicted molar refractivity (Wildman–Crippen MR) is 102 cm³/mol. The number of carbonyl (C=O) groups is 1. The molecule has 0 heterocycles. The van der Waals surface area contributed by atoms with Crippen LogP contribution in [0.3, 0.4) is 0 Å². The lowest BCUT2D eigenvalue weighted by Crippen LogP contribution is -2.29. The molecule has 0 fully saturated rings. The van der Waals surface area contributed by atoms with E-state index in [2.05, 4.69) is 25.3 Å². The summed E-state index contributed by atoms with van der Waals surface area (Å²) in [6.07, 6.45) is -3.14. The zero-order chi connectivity index (χ0) is 17.7. The van der Waals surface area contributed by atoms with Crippen LogP contribution in [0.25, 0.3) is 0 Å². The van der Waals surface area contributed by atoms with Gasteiger partial charge in [-0.2, -0.15) is 48.8 Å². The summed E-state index contributed by atoms with van der Waals surface area (Å²) in [7, 11) is 0. The Balaban J connectivity index is 3.51. The van der Waals surface area contributed by atoms with E-state index in [1.165, 1.54) is 23.5 Å². The first-order valence-electron chi connectivity index (χ1n) is 7.17. The number of esters is 1. The smallest absolute Gasteiger partial charge is 0.306 e. The minimum atomic E-state index is -0.855. The van der Waals surface area contributed by atoms with Crippen molar-refractivity contribution in [3.63, 3.8) is 0 Å². The van der Waals surface area contributed by atoms with Crippen LogP contribution in [0.4, 0.5) is 0 Å². The number of thioether (sulfide) groups is 2. The van der Waals surface area contributed by atoms with E-state index in [1.54, 1.807) is 0 Å². The average Bonchev–Trinajstić information content (AvgIpc) is 2.56. The highest BCUT2D eigenvalue weighted by atomic mass is 32.2. The van der Waals surface area contributed by atoms with Crippen LogP contribution in [0.1, 0.15) is 6.42 Å². The van der Waals surface area contributed by atoms with E-state index in [4.69, 9.17) is 4.74 Å². The zero-order valence-electron chi connectivity index (χ0n) is 12.8. The van der Waals surface area contributed by atoms with Crippen LogP contribution in [0.5, 0.6) is 0 Å². The molecule has 0 aliphatic carbocycles. The van der Waals surface area contributed by atoms with Crippen molar-refractivity contribution in [1.82, 2.24) is 0 Å². The van der Waals surface area contributed by atoms with Gasteiger partial charge in [0.05, 0.1) is 30.8 Å². The maximum Gasteiger partial charge on any atom is 0.306 e. The molecule has 0 bridgehead atoms. The maximum absolute atomic E-state index is 11.5. The largest absolute Gasteiger partial charge is 0.465 e. The normalized spacial score (nSPS) is 16.6.